The van der Waals surface area contributed by atoms with E-state index < -0.39 is 11.8 Å². The number of methoxy groups -OCH3 is 1. The van der Waals surface area contributed by atoms with Gasteiger partial charge in [-0.05, 0) is 6.92 Å². The van der Waals surface area contributed by atoms with Crippen molar-refractivity contribution < 1.29 is 19.4 Å². The molecule has 0 aromatic heterocycles. The lowest BCUT2D eigenvalue weighted by molar-refractivity contribution is -0.132. The molecule has 2 N–H and O–H groups in total. The molecule has 2 rings (SSSR count). The van der Waals surface area contributed by atoms with Crippen LogP contribution in [0.25, 0.3) is 0 Å². The number of amides is 1. The first kappa shape index (κ1) is 9.85. The predicted octanol–water partition coefficient (Wildman–Crippen LogP) is -0.556. The van der Waals surface area contributed by atoms with Crippen molar-refractivity contribution in [3.8, 4) is 0 Å². The molecule has 0 spiro atoms. The normalized spacial score (nSPS) is 29.5. The number of carbonyl (C=O) groups is 1. The van der Waals surface area contributed by atoms with Gasteiger partial charge in [-0.25, -0.2) is 0 Å². The Hall–Kier alpha value is -1.69. The van der Waals surface area contributed by atoms with Crippen LogP contribution >= 0.6 is 0 Å². The molecule has 15 heavy (non-hydrogen) atoms. The fourth-order valence-corrected chi connectivity index (χ4v) is 1.65. The Morgan fingerprint density at radius 2 is 2.47 bits per heavy atom. The third-order valence-electron chi connectivity index (χ3n) is 2.53. The van der Waals surface area contributed by atoms with Gasteiger partial charge in [-0.15, -0.1) is 0 Å². The summed E-state index contributed by atoms with van der Waals surface area (Å²) < 4.78 is 9.86. The van der Waals surface area contributed by atoms with Crippen LogP contribution in [0.15, 0.2) is 23.8 Å². The van der Waals surface area contributed by atoms with Crippen LogP contribution < -0.4 is 5.32 Å². The monoisotopic (exact) mass is 212 g/mol. The molecular weight excluding hydrogens is 200 g/mol. The van der Waals surface area contributed by atoms with Crippen molar-refractivity contribution in [3.05, 3.63) is 23.8 Å². The highest BCUT2D eigenvalue weighted by molar-refractivity contribution is 5.96. The molecule has 6 heteroatoms. The molecule has 2 heterocycles. The summed E-state index contributed by atoms with van der Waals surface area (Å²) in [5.41, 5.74) is 0.421. The maximum atomic E-state index is 11.4. The highest BCUT2D eigenvalue weighted by atomic mass is 16.5. The van der Waals surface area contributed by atoms with Crippen LogP contribution in [0, 0.1) is 0 Å². The number of hydrogen-bond donors (Lipinski definition) is 2. The molecular formula is C9H12N2O4. The SMILES string of the molecule is COC1=C(C)C(O)(N2C=COC2)NC1=O. The van der Waals surface area contributed by atoms with Crippen molar-refractivity contribution in [1.82, 2.24) is 10.2 Å². The molecule has 0 aromatic rings. The maximum Gasteiger partial charge on any atom is 0.290 e. The van der Waals surface area contributed by atoms with Crippen LogP contribution in [-0.4, -0.2) is 35.6 Å². The van der Waals surface area contributed by atoms with Gasteiger partial charge in [-0.2, -0.15) is 0 Å². The minimum atomic E-state index is -1.55. The highest BCUT2D eigenvalue weighted by Crippen LogP contribution is 2.29. The first-order chi connectivity index (χ1) is 7.09. The third kappa shape index (κ3) is 1.25. The summed E-state index contributed by atoms with van der Waals surface area (Å²) in [5, 5.41) is 12.7. The number of aliphatic hydroxyl groups is 1. The van der Waals surface area contributed by atoms with Gasteiger partial charge in [0.15, 0.2) is 12.5 Å². The molecule has 1 unspecified atom stereocenters. The first-order valence-corrected chi connectivity index (χ1v) is 4.45. The molecule has 1 atom stereocenters. The van der Waals surface area contributed by atoms with Crippen molar-refractivity contribution in [1.29, 1.82) is 0 Å². The van der Waals surface area contributed by atoms with Crippen molar-refractivity contribution in [2.75, 3.05) is 13.8 Å². The second-order valence-corrected chi connectivity index (χ2v) is 3.34. The van der Waals surface area contributed by atoms with E-state index in [4.69, 9.17) is 9.47 Å². The van der Waals surface area contributed by atoms with E-state index >= 15 is 0 Å². The van der Waals surface area contributed by atoms with E-state index in [0.29, 0.717) is 5.57 Å². The smallest absolute Gasteiger partial charge is 0.290 e. The predicted molar refractivity (Wildman–Crippen MR) is 49.7 cm³/mol. The van der Waals surface area contributed by atoms with E-state index in [9.17, 15) is 9.90 Å². The van der Waals surface area contributed by atoms with E-state index in [1.807, 2.05) is 0 Å². The molecule has 6 nitrogen and oxygen atoms in total. The lowest BCUT2D eigenvalue weighted by Gasteiger charge is -2.32. The summed E-state index contributed by atoms with van der Waals surface area (Å²) in [6.45, 7) is 1.81. The van der Waals surface area contributed by atoms with Gasteiger partial charge in [-0.3, -0.25) is 15.0 Å². The van der Waals surface area contributed by atoms with Gasteiger partial charge < -0.3 is 14.6 Å². The molecule has 0 aliphatic carbocycles. The number of hydrogen-bond acceptors (Lipinski definition) is 5. The van der Waals surface area contributed by atoms with Gasteiger partial charge >= 0.3 is 0 Å². The molecule has 0 radical (unpaired) electrons. The number of ether oxygens (including phenoxy) is 2. The van der Waals surface area contributed by atoms with E-state index in [2.05, 4.69) is 5.32 Å². The van der Waals surface area contributed by atoms with E-state index in [1.54, 1.807) is 13.1 Å². The summed E-state index contributed by atoms with van der Waals surface area (Å²) in [5.74, 6) is -1.84. The van der Waals surface area contributed by atoms with Crippen LogP contribution in [0.2, 0.25) is 0 Å². The van der Waals surface area contributed by atoms with Crippen LogP contribution in [0.5, 0.6) is 0 Å². The molecule has 1 amide bonds. The minimum Gasteiger partial charge on any atom is -0.491 e. The highest BCUT2D eigenvalue weighted by Gasteiger charge is 2.47. The molecule has 0 saturated heterocycles. The zero-order valence-corrected chi connectivity index (χ0v) is 8.48. The van der Waals surface area contributed by atoms with Crippen molar-refractivity contribution in [2.24, 2.45) is 0 Å². The molecule has 0 fully saturated rings. The number of carbonyl (C=O) groups excluding carboxylic acids is 1. The lowest BCUT2D eigenvalue weighted by atomic mass is 10.2. The standard InChI is InChI=1S/C9H12N2O4/c1-6-7(14-2)8(12)10-9(6,13)11-3-4-15-5-11/h3-4,13H,5H2,1-2H3,(H,10,12). The van der Waals surface area contributed by atoms with Gasteiger partial charge in [0.1, 0.15) is 6.26 Å². The molecule has 2 aliphatic heterocycles. The molecule has 0 aromatic carbocycles. The zero-order valence-electron chi connectivity index (χ0n) is 8.48. The average molecular weight is 212 g/mol. The number of nitrogens with one attached hydrogen (secondary N) is 1. The summed E-state index contributed by atoms with van der Waals surface area (Å²) in [6.07, 6.45) is 3.00. The van der Waals surface area contributed by atoms with Gasteiger partial charge in [0, 0.05) is 11.8 Å². The van der Waals surface area contributed by atoms with Gasteiger partial charge in [-0.1, -0.05) is 0 Å². The van der Waals surface area contributed by atoms with Crippen molar-refractivity contribution >= 4 is 5.91 Å². The van der Waals surface area contributed by atoms with E-state index in [1.165, 1.54) is 18.3 Å². The molecule has 0 bridgehead atoms. The van der Waals surface area contributed by atoms with Gasteiger partial charge in [0.05, 0.1) is 7.11 Å². The molecule has 2 aliphatic rings. The summed E-state index contributed by atoms with van der Waals surface area (Å²) in [4.78, 5) is 12.9. The Labute approximate surface area is 86.8 Å². The van der Waals surface area contributed by atoms with Gasteiger partial charge in [0.2, 0.25) is 5.85 Å². The largest absolute Gasteiger partial charge is 0.491 e. The fraction of sp³-hybridized carbons (Fsp3) is 0.444. The van der Waals surface area contributed by atoms with E-state index in [0.717, 1.165) is 0 Å². The van der Waals surface area contributed by atoms with Crippen LogP contribution in [0.4, 0.5) is 0 Å². The lowest BCUT2D eigenvalue weighted by Crippen LogP contribution is -2.55. The Kier molecular flexibility index (Phi) is 2.08. The summed E-state index contributed by atoms with van der Waals surface area (Å²) in [6, 6.07) is 0. The number of nitrogens with zero attached hydrogens (tertiary/aromatic N) is 1. The van der Waals surface area contributed by atoms with Crippen LogP contribution in [-0.2, 0) is 14.3 Å². The second-order valence-electron chi connectivity index (χ2n) is 3.34. The fourth-order valence-electron chi connectivity index (χ4n) is 1.65. The van der Waals surface area contributed by atoms with Crippen molar-refractivity contribution in [2.45, 2.75) is 12.8 Å². The summed E-state index contributed by atoms with van der Waals surface area (Å²) >= 11 is 0. The second kappa shape index (κ2) is 3.16. The number of rotatable bonds is 2. The average Bonchev–Trinajstić information content (AvgIpc) is 2.76. The minimum absolute atomic E-state index is 0.137. The van der Waals surface area contributed by atoms with Gasteiger partial charge in [0.25, 0.3) is 5.91 Å². The Bertz CT molecular complexity index is 363. The zero-order chi connectivity index (χ0) is 11.1. The topological polar surface area (TPSA) is 71.0 Å². The Morgan fingerprint density at radius 1 is 1.73 bits per heavy atom. The van der Waals surface area contributed by atoms with Crippen molar-refractivity contribution in [3.63, 3.8) is 0 Å². The molecule has 0 saturated carbocycles. The van der Waals surface area contributed by atoms with Crippen LogP contribution in [0.1, 0.15) is 6.92 Å². The third-order valence-corrected chi connectivity index (χ3v) is 2.53. The van der Waals surface area contributed by atoms with Crippen LogP contribution in [0.3, 0.4) is 0 Å². The Morgan fingerprint density at radius 3 is 2.93 bits per heavy atom. The summed E-state index contributed by atoms with van der Waals surface area (Å²) in [7, 11) is 1.39. The van der Waals surface area contributed by atoms with E-state index in [-0.39, 0.29) is 12.5 Å². The first-order valence-electron chi connectivity index (χ1n) is 4.45. The molecule has 82 valence electrons. The maximum absolute atomic E-state index is 11.4. The quantitative estimate of drug-likeness (QED) is 0.642. The Balaban J connectivity index is 2.34.